The van der Waals surface area contributed by atoms with Gasteiger partial charge in [-0.2, -0.15) is 0 Å². The Balaban J connectivity index is 1.50. The first-order valence-electron chi connectivity index (χ1n) is 8.76. The number of ether oxygens (including phenoxy) is 2. The third kappa shape index (κ3) is 6.53. The number of hydrogen-bond acceptors (Lipinski definition) is 3. The SMILES string of the molecule is O=C(/C=C/c1ccc(OCc2c(Cl)cccc2Cl)cc1)OCc1ccc(Cl)cc1. The lowest BCUT2D eigenvalue weighted by molar-refractivity contribution is -0.138. The standard InChI is InChI=1S/C23H17Cl3O3/c24-18-9-4-17(5-10-18)14-29-23(27)13-8-16-6-11-19(12-7-16)28-15-20-21(25)2-1-3-22(20)26/h1-13H,14-15H2/b13-8+. The normalized spacial score (nSPS) is 10.9. The lowest BCUT2D eigenvalue weighted by atomic mass is 10.2. The Kier molecular flexibility index (Phi) is 7.59. The van der Waals surface area contributed by atoms with Crippen LogP contribution in [-0.2, 0) is 22.7 Å². The van der Waals surface area contributed by atoms with Crippen molar-refractivity contribution in [3.05, 3.63) is 105 Å². The van der Waals surface area contributed by atoms with Crippen LogP contribution in [0.1, 0.15) is 16.7 Å². The molecule has 3 rings (SSSR count). The molecule has 0 heterocycles. The Morgan fingerprint density at radius 2 is 1.48 bits per heavy atom. The van der Waals surface area contributed by atoms with Gasteiger partial charge in [-0.1, -0.05) is 65.1 Å². The van der Waals surface area contributed by atoms with E-state index in [1.807, 2.05) is 36.4 Å². The highest BCUT2D eigenvalue weighted by atomic mass is 35.5. The van der Waals surface area contributed by atoms with Crippen LogP contribution in [0, 0.1) is 0 Å². The van der Waals surface area contributed by atoms with Crippen LogP contribution in [0.4, 0.5) is 0 Å². The molecule has 29 heavy (non-hydrogen) atoms. The number of hydrogen-bond donors (Lipinski definition) is 0. The van der Waals surface area contributed by atoms with Gasteiger partial charge in [-0.05, 0) is 53.6 Å². The molecule has 3 nitrogen and oxygen atoms in total. The van der Waals surface area contributed by atoms with Crippen LogP contribution in [-0.4, -0.2) is 5.97 Å². The number of benzene rings is 3. The third-order valence-corrected chi connectivity index (χ3v) is 4.99. The molecule has 0 spiro atoms. The number of rotatable bonds is 7. The third-order valence-electron chi connectivity index (χ3n) is 4.03. The summed E-state index contributed by atoms with van der Waals surface area (Å²) in [5, 5.41) is 1.77. The summed E-state index contributed by atoms with van der Waals surface area (Å²) in [4.78, 5) is 11.9. The first-order chi connectivity index (χ1) is 14.0. The van der Waals surface area contributed by atoms with Crippen LogP contribution in [0.15, 0.2) is 72.8 Å². The highest BCUT2D eigenvalue weighted by molar-refractivity contribution is 6.35. The first kappa shape index (κ1) is 21.3. The van der Waals surface area contributed by atoms with E-state index in [0.717, 1.165) is 16.7 Å². The van der Waals surface area contributed by atoms with Gasteiger partial charge in [0.25, 0.3) is 0 Å². The molecule has 3 aromatic carbocycles. The zero-order valence-electron chi connectivity index (χ0n) is 15.3. The predicted octanol–water partition coefficient (Wildman–Crippen LogP) is 6.98. The van der Waals surface area contributed by atoms with Gasteiger partial charge in [-0.15, -0.1) is 0 Å². The van der Waals surface area contributed by atoms with Crippen LogP contribution >= 0.6 is 34.8 Å². The highest BCUT2D eigenvalue weighted by Gasteiger charge is 2.06. The maximum Gasteiger partial charge on any atom is 0.331 e. The number of carbonyl (C=O) groups excluding carboxylic acids is 1. The lowest BCUT2D eigenvalue weighted by Crippen LogP contribution is -2.00. The summed E-state index contributed by atoms with van der Waals surface area (Å²) < 4.78 is 10.9. The fraction of sp³-hybridized carbons (Fsp3) is 0.0870. The van der Waals surface area contributed by atoms with Crippen LogP contribution in [0.2, 0.25) is 15.1 Å². The van der Waals surface area contributed by atoms with Gasteiger partial charge in [0, 0.05) is 26.7 Å². The molecule has 0 saturated carbocycles. The second kappa shape index (κ2) is 10.4. The van der Waals surface area contributed by atoms with Crippen molar-refractivity contribution in [1.29, 1.82) is 0 Å². The van der Waals surface area contributed by atoms with E-state index in [2.05, 4.69) is 0 Å². The Bertz CT molecular complexity index is 977. The maximum absolute atomic E-state index is 11.9. The van der Waals surface area contributed by atoms with Crippen molar-refractivity contribution in [2.45, 2.75) is 13.2 Å². The molecule has 0 saturated heterocycles. The minimum absolute atomic E-state index is 0.192. The Morgan fingerprint density at radius 1 is 0.828 bits per heavy atom. The quantitative estimate of drug-likeness (QED) is 0.289. The minimum atomic E-state index is -0.423. The van der Waals surface area contributed by atoms with E-state index in [-0.39, 0.29) is 13.2 Å². The molecule has 6 heteroatoms. The van der Waals surface area contributed by atoms with E-state index in [0.29, 0.717) is 20.8 Å². The van der Waals surface area contributed by atoms with Gasteiger partial charge in [-0.25, -0.2) is 4.79 Å². The van der Waals surface area contributed by atoms with E-state index in [4.69, 9.17) is 44.3 Å². The number of esters is 1. The second-order valence-corrected chi connectivity index (χ2v) is 7.38. The molecule has 3 aromatic rings. The minimum Gasteiger partial charge on any atom is -0.489 e. The summed E-state index contributed by atoms with van der Waals surface area (Å²) in [6, 6.07) is 19.8. The molecule has 0 N–H and O–H groups in total. The van der Waals surface area contributed by atoms with Crippen LogP contribution in [0.3, 0.4) is 0 Å². The molecule has 0 bridgehead atoms. The average Bonchev–Trinajstić information content (AvgIpc) is 2.72. The molecule has 0 aliphatic rings. The first-order valence-corrected chi connectivity index (χ1v) is 9.90. The molecule has 0 amide bonds. The van der Waals surface area contributed by atoms with Gasteiger partial charge in [-0.3, -0.25) is 0 Å². The summed E-state index contributed by atoms with van der Waals surface area (Å²) in [7, 11) is 0. The van der Waals surface area contributed by atoms with Gasteiger partial charge in [0.2, 0.25) is 0 Å². The van der Waals surface area contributed by atoms with Crippen molar-refractivity contribution < 1.29 is 14.3 Å². The zero-order chi connectivity index (χ0) is 20.6. The summed E-state index contributed by atoms with van der Waals surface area (Å²) in [6.07, 6.45) is 3.06. The van der Waals surface area contributed by atoms with Crippen molar-refractivity contribution in [2.24, 2.45) is 0 Å². The van der Waals surface area contributed by atoms with Crippen molar-refractivity contribution in [2.75, 3.05) is 0 Å². The predicted molar refractivity (Wildman–Crippen MR) is 118 cm³/mol. The van der Waals surface area contributed by atoms with E-state index < -0.39 is 5.97 Å². The molecule has 0 radical (unpaired) electrons. The van der Waals surface area contributed by atoms with E-state index in [1.54, 1.807) is 36.4 Å². The Morgan fingerprint density at radius 3 is 2.14 bits per heavy atom. The van der Waals surface area contributed by atoms with E-state index in [1.165, 1.54) is 6.08 Å². The summed E-state index contributed by atoms with van der Waals surface area (Å²) in [5.41, 5.74) is 2.45. The van der Waals surface area contributed by atoms with E-state index in [9.17, 15) is 4.79 Å². The van der Waals surface area contributed by atoms with Crippen molar-refractivity contribution in [3.8, 4) is 5.75 Å². The summed E-state index contributed by atoms with van der Waals surface area (Å²) in [5.74, 6) is 0.247. The van der Waals surface area contributed by atoms with Gasteiger partial charge < -0.3 is 9.47 Å². The molecule has 0 unspecified atom stereocenters. The van der Waals surface area contributed by atoms with Gasteiger partial charge >= 0.3 is 5.97 Å². The summed E-state index contributed by atoms with van der Waals surface area (Å²) >= 11 is 18.1. The smallest absolute Gasteiger partial charge is 0.331 e. The maximum atomic E-state index is 11.9. The molecule has 0 atom stereocenters. The molecular weight excluding hydrogens is 431 g/mol. The lowest BCUT2D eigenvalue weighted by Gasteiger charge is -2.09. The van der Waals surface area contributed by atoms with Gasteiger partial charge in [0.15, 0.2) is 0 Å². The monoisotopic (exact) mass is 446 g/mol. The Labute approximate surface area is 184 Å². The zero-order valence-corrected chi connectivity index (χ0v) is 17.5. The number of halogens is 3. The fourth-order valence-electron chi connectivity index (χ4n) is 2.45. The molecule has 0 aromatic heterocycles. The van der Waals surface area contributed by atoms with Crippen molar-refractivity contribution in [1.82, 2.24) is 0 Å². The summed E-state index contributed by atoms with van der Waals surface area (Å²) in [6.45, 7) is 0.461. The molecule has 0 fully saturated rings. The number of carbonyl (C=O) groups is 1. The fourth-order valence-corrected chi connectivity index (χ4v) is 3.08. The molecule has 0 aliphatic heterocycles. The van der Waals surface area contributed by atoms with Crippen molar-refractivity contribution >= 4 is 46.8 Å². The topological polar surface area (TPSA) is 35.5 Å². The van der Waals surface area contributed by atoms with Gasteiger partial charge in [0.1, 0.15) is 19.0 Å². The second-order valence-electron chi connectivity index (χ2n) is 6.13. The van der Waals surface area contributed by atoms with E-state index >= 15 is 0 Å². The van der Waals surface area contributed by atoms with Crippen LogP contribution in [0.5, 0.6) is 5.75 Å². The van der Waals surface area contributed by atoms with Gasteiger partial charge in [0.05, 0.1) is 0 Å². The molecular formula is C23H17Cl3O3. The molecule has 148 valence electrons. The van der Waals surface area contributed by atoms with Crippen LogP contribution < -0.4 is 4.74 Å². The molecule has 0 aliphatic carbocycles. The van der Waals surface area contributed by atoms with Crippen LogP contribution in [0.25, 0.3) is 6.08 Å². The largest absolute Gasteiger partial charge is 0.489 e. The average molecular weight is 448 g/mol. The highest BCUT2D eigenvalue weighted by Crippen LogP contribution is 2.26. The van der Waals surface area contributed by atoms with Crippen molar-refractivity contribution in [3.63, 3.8) is 0 Å². The Hall–Kier alpha value is -2.46.